The van der Waals surface area contributed by atoms with E-state index in [0.29, 0.717) is 25.5 Å². The highest BCUT2D eigenvalue weighted by atomic mass is 35.5. The molecule has 152 valence electrons. The third-order valence-electron chi connectivity index (χ3n) is 5.14. The number of nitrogens with zero attached hydrogens (tertiary/aromatic N) is 1. The summed E-state index contributed by atoms with van der Waals surface area (Å²) in [5.74, 6) is 0.792. The van der Waals surface area contributed by atoms with Crippen LogP contribution in [0.4, 0.5) is 0 Å². The summed E-state index contributed by atoms with van der Waals surface area (Å²) in [6.45, 7) is 1.76. The lowest BCUT2D eigenvalue weighted by molar-refractivity contribution is 0.175. The fourth-order valence-electron chi connectivity index (χ4n) is 3.45. The number of ether oxygens (including phenoxy) is 1. The molecule has 4 nitrogen and oxygen atoms in total. The smallest absolute Gasteiger partial charge is 0.138 e. The molecule has 3 aromatic rings. The van der Waals surface area contributed by atoms with E-state index >= 15 is 0 Å². The van der Waals surface area contributed by atoms with Gasteiger partial charge in [-0.15, -0.1) is 12.4 Å². The van der Waals surface area contributed by atoms with Crippen LogP contribution in [0.5, 0.6) is 5.75 Å². The lowest BCUT2D eigenvalue weighted by Gasteiger charge is -2.27. The predicted octanol–water partition coefficient (Wildman–Crippen LogP) is 4.06. The van der Waals surface area contributed by atoms with Crippen LogP contribution in [-0.2, 0) is 12.8 Å². The maximum Gasteiger partial charge on any atom is 0.138 e. The Balaban J connectivity index is 0.00000240. The Bertz CT molecular complexity index is 900. The second-order valence-corrected chi connectivity index (χ2v) is 7.41. The topological polar surface area (TPSA) is 54.4 Å². The van der Waals surface area contributed by atoms with Crippen molar-refractivity contribution in [1.82, 2.24) is 10.3 Å². The van der Waals surface area contributed by atoms with E-state index in [0.717, 1.165) is 34.5 Å². The van der Waals surface area contributed by atoms with Gasteiger partial charge in [-0.3, -0.25) is 4.98 Å². The van der Waals surface area contributed by atoms with E-state index in [1.807, 2.05) is 36.5 Å². The maximum absolute atomic E-state index is 10.5. The summed E-state index contributed by atoms with van der Waals surface area (Å²) in [5.41, 5.74) is 4.38. The molecule has 0 bridgehead atoms. The number of aromatic nitrogens is 1. The fourth-order valence-corrected chi connectivity index (χ4v) is 3.45. The molecule has 0 spiro atoms. The van der Waals surface area contributed by atoms with Gasteiger partial charge in [0.25, 0.3) is 0 Å². The Morgan fingerprint density at radius 2 is 1.72 bits per heavy atom. The molecule has 2 N–H and O–H groups in total. The van der Waals surface area contributed by atoms with Crippen molar-refractivity contribution in [3.63, 3.8) is 0 Å². The second-order valence-electron chi connectivity index (χ2n) is 7.41. The van der Waals surface area contributed by atoms with Crippen molar-refractivity contribution >= 4 is 12.4 Å². The Hall–Kier alpha value is -2.40. The maximum atomic E-state index is 10.5. The highest BCUT2D eigenvalue weighted by Crippen LogP contribution is 2.24. The summed E-state index contributed by atoms with van der Waals surface area (Å²) in [6, 6.07) is 20.9. The quantitative estimate of drug-likeness (QED) is 0.588. The summed E-state index contributed by atoms with van der Waals surface area (Å²) < 4.78 is 5.87. The first-order valence-corrected chi connectivity index (χ1v) is 9.89. The molecular weight excluding hydrogens is 384 g/mol. The Morgan fingerprint density at radius 3 is 2.48 bits per heavy atom. The van der Waals surface area contributed by atoms with Crippen LogP contribution in [0.15, 0.2) is 73.1 Å². The minimum absolute atomic E-state index is 0. The van der Waals surface area contributed by atoms with Crippen LogP contribution in [0.3, 0.4) is 0 Å². The molecule has 1 saturated heterocycles. The van der Waals surface area contributed by atoms with E-state index in [9.17, 15) is 5.11 Å². The van der Waals surface area contributed by atoms with E-state index in [4.69, 9.17) is 4.74 Å². The Labute approximate surface area is 178 Å². The van der Waals surface area contributed by atoms with Gasteiger partial charge in [-0.2, -0.15) is 0 Å². The lowest BCUT2D eigenvalue weighted by Crippen LogP contribution is -2.46. The average Bonchev–Trinajstić information content (AvgIpc) is 2.68. The molecule has 0 saturated carbocycles. The molecule has 0 radical (unpaired) electrons. The third kappa shape index (κ3) is 6.04. The van der Waals surface area contributed by atoms with Crippen LogP contribution in [0.1, 0.15) is 17.5 Å². The number of halogens is 1. The van der Waals surface area contributed by atoms with Gasteiger partial charge in [0, 0.05) is 17.8 Å². The zero-order valence-corrected chi connectivity index (χ0v) is 17.1. The molecular formula is C24H27ClN2O2. The molecule has 1 aliphatic rings. The van der Waals surface area contributed by atoms with E-state index in [-0.39, 0.29) is 12.4 Å². The SMILES string of the molecule is Cl.O[C@H](Cc1ccccc1)Cc1cccc(-c2cncc(OC[C@@H]3CCN3)c2)c1. The van der Waals surface area contributed by atoms with Gasteiger partial charge in [0.1, 0.15) is 12.4 Å². The van der Waals surface area contributed by atoms with Crippen LogP contribution in [0.2, 0.25) is 0 Å². The van der Waals surface area contributed by atoms with Gasteiger partial charge in [-0.1, -0.05) is 54.6 Å². The van der Waals surface area contributed by atoms with Gasteiger partial charge in [-0.25, -0.2) is 0 Å². The van der Waals surface area contributed by atoms with Crippen molar-refractivity contribution in [3.8, 4) is 16.9 Å². The monoisotopic (exact) mass is 410 g/mol. The molecule has 1 aliphatic heterocycles. The second kappa shape index (κ2) is 10.4. The van der Waals surface area contributed by atoms with Crippen LogP contribution in [0.25, 0.3) is 11.1 Å². The first-order chi connectivity index (χ1) is 13.8. The van der Waals surface area contributed by atoms with Crippen LogP contribution < -0.4 is 10.1 Å². The summed E-state index contributed by atoms with van der Waals surface area (Å²) in [5, 5.41) is 13.8. The van der Waals surface area contributed by atoms with Crippen molar-refractivity contribution in [2.45, 2.75) is 31.4 Å². The van der Waals surface area contributed by atoms with Gasteiger partial charge in [0.05, 0.1) is 12.3 Å². The summed E-state index contributed by atoms with van der Waals surface area (Å²) in [6.07, 6.45) is 5.66. The van der Waals surface area contributed by atoms with Crippen molar-refractivity contribution in [3.05, 3.63) is 84.2 Å². The predicted molar refractivity (Wildman–Crippen MR) is 119 cm³/mol. The fraction of sp³-hybridized carbons (Fsp3) is 0.292. The van der Waals surface area contributed by atoms with E-state index < -0.39 is 6.10 Å². The summed E-state index contributed by atoms with van der Waals surface area (Å²) >= 11 is 0. The molecule has 4 rings (SSSR count). The highest BCUT2D eigenvalue weighted by molar-refractivity contribution is 5.85. The zero-order valence-electron chi connectivity index (χ0n) is 16.3. The normalized spacial score (nSPS) is 16.4. The molecule has 2 heterocycles. The van der Waals surface area contributed by atoms with Gasteiger partial charge < -0.3 is 15.2 Å². The van der Waals surface area contributed by atoms with Crippen LogP contribution >= 0.6 is 12.4 Å². The Morgan fingerprint density at radius 1 is 0.966 bits per heavy atom. The largest absolute Gasteiger partial charge is 0.490 e. The van der Waals surface area contributed by atoms with Gasteiger partial charge in [-0.05, 0) is 48.6 Å². The van der Waals surface area contributed by atoms with Crippen LogP contribution in [-0.4, -0.2) is 35.4 Å². The number of benzene rings is 2. The zero-order chi connectivity index (χ0) is 19.2. The third-order valence-corrected chi connectivity index (χ3v) is 5.14. The Kier molecular flexibility index (Phi) is 7.64. The molecule has 0 aliphatic carbocycles. The van der Waals surface area contributed by atoms with Crippen molar-refractivity contribution in [2.24, 2.45) is 0 Å². The summed E-state index contributed by atoms with van der Waals surface area (Å²) in [7, 11) is 0. The number of rotatable bonds is 8. The summed E-state index contributed by atoms with van der Waals surface area (Å²) in [4.78, 5) is 4.33. The number of aliphatic hydroxyl groups is 1. The number of pyridine rings is 1. The average molecular weight is 411 g/mol. The minimum Gasteiger partial charge on any atom is -0.490 e. The van der Waals surface area contributed by atoms with Crippen molar-refractivity contribution < 1.29 is 9.84 Å². The highest BCUT2D eigenvalue weighted by Gasteiger charge is 2.16. The van der Waals surface area contributed by atoms with E-state index in [1.165, 1.54) is 6.42 Å². The molecule has 2 aromatic carbocycles. The molecule has 29 heavy (non-hydrogen) atoms. The molecule has 1 aromatic heterocycles. The van der Waals surface area contributed by atoms with Gasteiger partial charge in [0.2, 0.25) is 0 Å². The van der Waals surface area contributed by atoms with Gasteiger partial charge in [0.15, 0.2) is 0 Å². The van der Waals surface area contributed by atoms with Gasteiger partial charge >= 0.3 is 0 Å². The molecule has 0 amide bonds. The number of aliphatic hydroxyl groups excluding tert-OH is 1. The lowest BCUT2D eigenvalue weighted by atomic mass is 9.98. The van der Waals surface area contributed by atoms with Crippen molar-refractivity contribution in [2.75, 3.05) is 13.2 Å². The molecule has 1 fully saturated rings. The van der Waals surface area contributed by atoms with Crippen molar-refractivity contribution in [1.29, 1.82) is 0 Å². The molecule has 0 unspecified atom stereocenters. The molecule has 5 heteroatoms. The van der Waals surface area contributed by atoms with E-state index in [1.54, 1.807) is 6.20 Å². The number of nitrogens with one attached hydrogen (secondary N) is 1. The number of hydrogen-bond donors (Lipinski definition) is 2. The first-order valence-electron chi connectivity index (χ1n) is 9.89. The molecule has 2 atom stereocenters. The first kappa shape index (κ1) is 21.3. The standard InChI is InChI=1S/C24H26N2O2.ClH/c27-23(12-18-5-2-1-3-6-18)13-19-7-4-8-20(11-19)21-14-24(16-25-15-21)28-17-22-9-10-26-22;/h1-8,11,14-16,22-23,26-27H,9-10,12-13,17H2;1H/t22-,23+;/m0./s1. The van der Waals surface area contributed by atoms with E-state index in [2.05, 4.69) is 40.6 Å². The number of hydrogen-bond acceptors (Lipinski definition) is 4. The van der Waals surface area contributed by atoms with Crippen LogP contribution in [0, 0.1) is 0 Å². The minimum atomic E-state index is -0.402.